The summed E-state index contributed by atoms with van der Waals surface area (Å²) in [5.41, 5.74) is 0.289. The minimum absolute atomic E-state index is 0. The first kappa shape index (κ1) is 18.8. The Morgan fingerprint density at radius 2 is 1.90 bits per heavy atom. The number of nitro groups is 1. The molecule has 0 spiro atoms. The van der Waals surface area contributed by atoms with Crippen molar-refractivity contribution in [1.82, 2.24) is 0 Å². The molecule has 109 valence electrons. The van der Waals surface area contributed by atoms with E-state index in [4.69, 9.17) is 15.8 Å². The van der Waals surface area contributed by atoms with Gasteiger partial charge in [0.2, 0.25) is 0 Å². The van der Waals surface area contributed by atoms with Crippen LogP contribution in [0.4, 0.5) is 5.69 Å². The van der Waals surface area contributed by atoms with Gasteiger partial charge in [0.25, 0.3) is 14.7 Å². The van der Waals surface area contributed by atoms with Crippen molar-refractivity contribution in [3.8, 4) is 0 Å². The third-order valence-corrected chi connectivity index (χ3v) is 4.28. The number of nitro benzene ring substituents is 1. The molecular formula is C12H10AcClNO5S. The molecule has 21 heavy (non-hydrogen) atoms. The van der Waals surface area contributed by atoms with Gasteiger partial charge in [0.05, 0.1) is 15.2 Å². The Morgan fingerprint density at radius 3 is 2.43 bits per heavy atom. The molecule has 2 aromatic carbocycles. The van der Waals surface area contributed by atoms with E-state index >= 15 is 0 Å². The predicted octanol–water partition coefficient (Wildman–Crippen LogP) is 2.21. The summed E-state index contributed by atoms with van der Waals surface area (Å²) in [6.45, 7) is -0.148. The second-order valence-corrected chi connectivity index (χ2v) is 6.63. The fourth-order valence-corrected chi connectivity index (χ4v) is 3.18. The van der Waals surface area contributed by atoms with Crippen LogP contribution in [0, 0.1) is 54.2 Å². The zero-order valence-electron chi connectivity index (χ0n) is 10.7. The van der Waals surface area contributed by atoms with Crippen LogP contribution >= 0.6 is 10.7 Å². The number of hydrogen-bond acceptors (Lipinski definition) is 5. The van der Waals surface area contributed by atoms with Gasteiger partial charge in [-0.25, -0.2) is 8.42 Å². The van der Waals surface area contributed by atoms with Gasteiger partial charge in [0.1, 0.15) is 0 Å². The Bertz CT molecular complexity index is 794. The molecule has 0 aliphatic carbocycles. The van der Waals surface area contributed by atoms with Crippen LogP contribution in [0.3, 0.4) is 0 Å². The molecule has 1 radical (unpaired) electrons. The number of halogens is 1. The van der Waals surface area contributed by atoms with Gasteiger partial charge in [-0.1, -0.05) is 18.2 Å². The van der Waals surface area contributed by atoms with Gasteiger partial charge in [0, 0.05) is 67.4 Å². The number of nitrogens with zero attached hydrogens (tertiary/aromatic N) is 1. The second kappa shape index (κ2) is 7.34. The average molecular weight is 543 g/mol. The monoisotopic (exact) mass is 542 g/mol. The van der Waals surface area contributed by atoms with Crippen molar-refractivity contribution < 1.29 is 62.5 Å². The summed E-state index contributed by atoms with van der Waals surface area (Å²) in [6, 6.07) is 6.97. The molecule has 2 rings (SSSR count). The van der Waals surface area contributed by atoms with Crippen molar-refractivity contribution in [2.45, 2.75) is 11.3 Å². The van der Waals surface area contributed by atoms with Crippen LogP contribution in [0.5, 0.6) is 0 Å². The van der Waals surface area contributed by atoms with Crippen LogP contribution in [-0.4, -0.2) is 25.1 Å². The average Bonchev–Trinajstić information content (AvgIpc) is 2.37. The number of hydrogen-bond donors (Lipinski definition) is 1. The van der Waals surface area contributed by atoms with E-state index in [1.807, 2.05) is 0 Å². The summed E-state index contributed by atoms with van der Waals surface area (Å²) >= 11 is 0. The van der Waals surface area contributed by atoms with E-state index in [2.05, 4.69) is 0 Å². The molecule has 0 atom stereocenters. The maximum Gasteiger partial charge on any atom is 0.278 e. The van der Waals surface area contributed by atoms with Crippen molar-refractivity contribution >= 4 is 36.2 Å². The molecule has 2 aromatic rings. The third kappa shape index (κ3) is 3.93. The molecular weight excluding hydrogens is 533 g/mol. The molecule has 0 fully saturated rings. The van der Waals surface area contributed by atoms with Crippen molar-refractivity contribution in [2.75, 3.05) is 6.61 Å². The molecule has 9 heteroatoms. The number of fused-ring (bicyclic) bond motifs is 1. The zero-order chi connectivity index (χ0) is 14.9. The minimum Gasteiger partial charge on any atom is -0.396 e. The van der Waals surface area contributed by atoms with Crippen LogP contribution < -0.4 is 0 Å². The maximum absolute atomic E-state index is 11.6. The molecule has 0 amide bonds. The summed E-state index contributed by atoms with van der Waals surface area (Å²) in [5.74, 6) is 0. The van der Waals surface area contributed by atoms with Gasteiger partial charge in [-0.2, -0.15) is 0 Å². The first-order valence-corrected chi connectivity index (χ1v) is 7.91. The SMILES string of the molecule is O=[N+]([O-])c1cccc2c(CCO)ccc(S(=O)(=O)Cl)c12.[Ac]. The van der Waals surface area contributed by atoms with Crippen molar-refractivity contribution in [1.29, 1.82) is 0 Å². The van der Waals surface area contributed by atoms with Crippen molar-refractivity contribution in [3.05, 3.63) is 46.0 Å². The summed E-state index contributed by atoms with van der Waals surface area (Å²) < 4.78 is 23.2. The van der Waals surface area contributed by atoms with E-state index in [9.17, 15) is 18.5 Å². The summed E-state index contributed by atoms with van der Waals surface area (Å²) in [7, 11) is 1.23. The van der Waals surface area contributed by atoms with Crippen molar-refractivity contribution in [2.24, 2.45) is 0 Å². The molecule has 0 saturated heterocycles. The molecule has 0 unspecified atom stereocenters. The largest absolute Gasteiger partial charge is 0.396 e. The van der Waals surface area contributed by atoms with Crippen LogP contribution in [0.25, 0.3) is 10.8 Å². The van der Waals surface area contributed by atoms with Gasteiger partial charge in [-0.05, 0) is 23.4 Å². The Balaban J connectivity index is 0.00000220. The van der Waals surface area contributed by atoms with Gasteiger partial charge in [-0.3, -0.25) is 10.1 Å². The first-order chi connectivity index (χ1) is 9.36. The predicted molar refractivity (Wildman–Crippen MR) is 74.4 cm³/mol. The van der Waals surface area contributed by atoms with E-state index in [-0.39, 0.29) is 73.1 Å². The van der Waals surface area contributed by atoms with Crippen molar-refractivity contribution in [3.63, 3.8) is 0 Å². The molecule has 1 N–H and O–H groups in total. The third-order valence-electron chi connectivity index (χ3n) is 2.91. The molecule has 0 aliphatic heterocycles. The number of aliphatic hydroxyl groups excluding tert-OH is 1. The maximum atomic E-state index is 11.6. The van der Waals surface area contributed by atoms with Crippen LogP contribution in [0.15, 0.2) is 35.2 Å². The number of rotatable bonds is 4. The fraction of sp³-hybridized carbons (Fsp3) is 0.167. The molecule has 0 aromatic heterocycles. The molecule has 6 nitrogen and oxygen atoms in total. The minimum atomic E-state index is -4.11. The van der Waals surface area contributed by atoms with Crippen LogP contribution in [0.1, 0.15) is 5.56 Å². The number of benzene rings is 2. The Hall–Kier alpha value is -0.258. The standard InChI is InChI=1S/C12H10ClNO5S.Ac/c13-20(18,19)11-5-4-8(6-7-15)9-2-1-3-10(12(9)11)14(16)17;/h1-5,15H,6-7H2;. The zero-order valence-corrected chi connectivity index (χ0v) is 17.0. The summed E-state index contributed by atoms with van der Waals surface area (Å²) in [4.78, 5) is 10.1. The number of non-ortho nitro benzene ring substituents is 1. The van der Waals surface area contributed by atoms with Gasteiger partial charge in [0.15, 0.2) is 0 Å². The summed E-state index contributed by atoms with van der Waals surface area (Å²) in [5, 5.41) is 20.5. The van der Waals surface area contributed by atoms with E-state index in [0.29, 0.717) is 10.9 Å². The van der Waals surface area contributed by atoms with E-state index in [1.165, 1.54) is 24.3 Å². The Morgan fingerprint density at radius 1 is 1.24 bits per heavy atom. The first-order valence-electron chi connectivity index (χ1n) is 5.60. The van der Waals surface area contributed by atoms with Gasteiger partial charge in [-0.15, -0.1) is 0 Å². The molecule has 0 bridgehead atoms. The Labute approximate surface area is 161 Å². The quantitative estimate of drug-likeness (QED) is 0.363. The molecule has 0 heterocycles. The topological polar surface area (TPSA) is 97.5 Å². The molecule has 0 saturated carbocycles. The second-order valence-electron chi connectivity index (χ2n) is 4.09. The normalized spacial score (nSPS) is 11.1. The molecule has 0 aliphatic rings. The van der Waals surface area contributed by atoms with E-state index in [0.717, 1.165) is 0 Å². The van der Waals surface area contributed by atoms with Gasteiger partial charge >= 0.3 is 0 Å². The van der Waals surface area contributed by atoms with Crippen LogP contribution in [-0.2, 0) is 15.5 Å². The van der Waals surface area contributed by atoms with E-state index in [1.54, 1.807) is 6.07 Å². The van der Waals surface area contributed by atoms with Gasteiger partial charge < -0.3 is 5.11 Å². The van der Waals surface area contributed by atoms with Crippen LogP contribution in [0.2, 0.25) is 0 Å². The Kier molecular flexibility index (Phi) is 6.57. The fourth-order valence-electron chi connectivity index (χ4n) is 2.11. The number of aliphatic hydroxyl groups is 1. The smallest absolute Gasteiger partial charge is 0.278 e. The summed E-state index contributed by atoms with van der Waals surface area (Å²) in [6.07, 6.45) is 0.264. The van der Waals surface area contributed by atoms with E-state index < -0.39 is 14.0 Å².